The lowest BCUT2D eigenvalue weighted by Crippen LogP contribution is -2.23. The molecule has 0 aliphatic heterocycles. The van der Waals surface area contributed by atoms with Crippen LogP contribution in [0.1, 0.15) is 42.3 Å². The summed E-state index contributed by atoms with van der Waals surface area (Å²) in [5, 5.41) is 13.2. The molecule has 0 aromatic heterocycles. The van der Waals surface area contributed by atoms with Gasteiger partial charge < -0.3 is 10.4 Å². The van der Waals surface area contributed by atoms with Gasteiger partial charge in [-0.25, -0.2) is 8.42 Å². The van der Waals surface area contributed by atoms with Crippen molar-refractivity contribution < 1.29 is 18.3 Å². The molecule has 2 aromatic rings. The van der Waals surface area contributed by atoms with Crippen LogP contribution in [0.3, 0.4) is 0 Å². The Hall–Kier alpha value is -2.25. The van der Waals surface area contributed by atoms with Crippen molar-refractivity contribution in [2.75, 3.05) is 11.0 Å². The van der Waals surface area contributed by atoms with Crippen molar-refractivity contribution in [2.45, 2.75) is 32.7 Å². The zero-order chi connectivity index (χ0) is 20.4. The molecule has 27 heavy (non-hydrogen) atoms. The number of phenolic OH excluding ortho intramolecular Hbond substituents is 1. The number of amides is 1. The molecule has 0 saturated carbocycles. The van der Waals surface area contributed by atoms with Crippen molar-refractivity contribution in [3.8, 4) is 5.75 Å². The van der Waals surface area contributed by atoms with Crippen LogP contribution in [0.2, 0.25) is 5.02 Å². The predicted octanol–water partition coefficient (Wildman–Crippen LogP) is 3.64. The summed E-state index contributed by atoms with van der Waals surface area (Å²) in [4.78, 5) is 12.3. The van der Waals surface area contributed by atoms with Gasteiger partial charge in [0.15, 0.2) is 0 Å². The van der Waals surface area contributed by atoms with Gasteiger partial charge >= 0.3 is 0 Å². The van der Waals surface area contributed by atoms with Gasteiger partial charge in [0.25, 0.3) is 5.91 Å². The Bertz CT molecular complexity index is 966. The molecule has 0 bridgehead atoms. The summed E-state index contributed by atoms with van der Waals surface area (Å²) in [6, 6.07) is 9.53. The maximum atomic E-state index is 12.3. The minimum atomic E-state index is -3.39. The van der Waals surface area contributed by atoms with Crippen LogP contribution in [-0.2, 0) is 22.0 Å². The van der Waals surface area contributed by atoms with Crippen LogP contribution >= 0.6 is 11.6 Å². The van der Waals surface area contributed by atoms with Gasteiger partial charge in [0, 0.05) is 22.8 Å². The zero-order valence-electron chi connectivity index (χ0n) is 15.6. The Morgan fingerprint density at radius 1 is 1.15 bits per heavy atom. The third-order valence-corrected chi connectivity index (χ3v) is 4.82. The van der Waals surface area contributed by atoms with E-state index >= 15 is 0 Å². The van der Waals surface area contributed by atoms with Gasteiger partial charge in [0.1, 0.15) is 5.75 Å². The number of carbonyl (C=O) groups is 1. The highest BCUT2D eigenvalue weighted by Gasteiger charge is 2.19. The molecule has 0 spiro atoms. The van der Waals surface area contributed by atoms with Crippen LogP contribution in [-0.4, -0.2) is 25.7 Å². The molecule has 6 nitrogen and oxygen atoms in total. The number of anilines is 1. The molecule has 1 amide bonds. The summed E-state index contributed by atoms with van der Waals surface area (Å²) in [7, 11) is -3.39. The van der Waals surface area contributed by atoms with E-state index in [1.807, 2.05) is 20.8 Å². The minimum absolute atomic E-state index is 0.0735. The molecule has 8 heteroatoms. The molecule has 0 radical (unpaired) electrons. The second-order valence-electron chi connectivity index (χ2n) is 7.35. The molecule has 0 atom stereocenters. The standard InChI is InChI=1S/C19H23ClN2O4S/c1-19(2,3)15-8-6-12(9-17(15)23)18(24)21-11-13-5-7-14(10-16(13)20)22-27(4,25)26/h5-10,22-23H,11H2,1-4H3,(H,21,24). The van der Waals surface area contributed by atoms with Crippen LogP contribution in [0.25, 0.3) is 0 Å². The Morgan fingerprint density at radius 3 is 2.33 bits per heavy atom. The number of nitrogens with one attached hydrogen (secondary N) is 2. The minimum Gasteiger partial charge on any atom is -0.508 e. The lowest BCUT2D eigenvalue weighted by Gasteiger charge is -2.20. The summed E-state index contributed by atoms with van der Waals surface area (Å²) < 4.78 is 24.8. The maximum Gasteiger partial charge on any atom is 0.251 e. The van der Waals surface area contributed by atoms with Gasteiger partial charge in [0.05, 0.1) is 6.26 Å². The fourth-order valence-electron chi connectivity index (χ4n) is 2.55. The highest BCUT2D eigenvalue weighted by atomic mass is 35.5. The van der Waals surface area contributed by atoms with Crippen molar-refractivity contribution in [3.05, 3.63) is 58.1 Å². The molecule has 146 valence electrons. The number of halogens is 1. The monoisotopic (exact) mass is 410 g/mol. The number of aromatic hydroxyl groups is 1. The Morgan fingerprint density at radius 2 is 1.81 bits per heavy atom. The summed E-state index contributed by atoms with van der Waals surface area (Å²) in [6.45, 7) is 6.10. The van der Waals surface area contributed by atoms with E-state index < -0.39 is 10.0 Å². The fraction of sp³-hybridized carbons (Fsp3) is 0.316. The Labute approximate surface area is 164 Å². The van der Waals surface area contributed by atoms with Crippen LogP contribution in [0.15, 0.2) is 36.4 Å². The van der Waals surface area contributed by atoms with Gasteiger partial charge in [-0.1, -0.05) is 44.5 Å². The van der Waals surface area contributed by atoms with Crippen LogP contribution < -0.4 is 10.0 Å². The highest BCUT2D eigenvalue weighted by molar-refractivity contribution is 7.92. The number of hydrogen-bond acceptors (Lipinski definition) is 4. The fourth-order valence-corrected chi connectivity index (χ4v) is 3.36. The topological polar surface area (TPSA) is 95.5 Å². The lowest BCUT2D eigenvalue weighted by molar-refractivity contribution is 0.0950. The SMILES string of the molecule is CC(C)(C)c1ccc(C(=O)NCc2ccc(NS(C)(=O)=O)cc2Cl)cc1O. The number of benzene rings is 2. The Balaban J connectivity index is 2.08. The largest absolute Gasteiger partial charge is 0.508 e. The molecular formula is C19H23ClN2O4S. The first kappa shape index (κ1) is 21.1. The molecule has 0 saturated heterocycles. The number of sulfonamides is 1. The summed E-state index contributed by atoms with van der Waals surface area (Å²) in [6.07, 6.45) is 1.05. The molecule has 0 aliphatic rings. The van der Waals surface area contributed by atoms with Crippen molar-refractivity contribution in [3.63, 3.8) is 0 Å². The molecule has 0 aliphatic carbocycles. The van der Waals surface area contributed by atoms with E-state index in [0.717, 1.165) is 11.8 Å². The van der Waals surface area contributed by atoms with E-state index in [2.05, 4.69) is 10.0 Å². The van der Waals surface area contributed by atoms with E-state index in [9.17, 15) is 18.3 Å². The average molecular weight is 411 g/mol. The van der Waals surface area contributed by atoms with Gasteiger partial charge in [-0.2, -0.15) is 0 Å². The van der Waals surface area contributed by atoms with Crippen molar-refractivity contribution in [1.29, 1.82) is 0 Å². The van der Waals surface area contributed by atoms with Crippen molar-refractivity contribution in [1.82, 2.24) is 5.32 Å². The zero-order valence-corrected chi connectivity index (χ0v) is 17.2. The molecule has 0 heterocycles. The van der Waals surface area contributed by atoms with Crippen molar-refractivity contribution in [2.24, 2.45) is 0 Å². The molecule has 0 unspecified atom stereocenters. The van der Waals surface area contributed by atoms with Crippen LogP contribution in [0, 0.1) is 0 Å². The van der Waals surface area contributed by atoms with Gasteiger partial charge in [-0.15, -0.1) is 0 Å². The van der Waals surface area contributed by atoms with Crippen LogP contribution in [0.4, 0.5) is 5.69 Å². The predicted molar refractivity (Wildman–Crippen MR) is 108 cm³/mol. The number of phenols is 1. The smallest absolute Gasteiger partial charge is 0.251 e. The first-order chi connectivity index (χ1) is 12.4. The van der Waals surface area contributed by atoms with Crippen LogP contribution in [0.5, 0.6) is 5.75 Å². The van der Waals surface area contributed by atoms with Gasteiger partial charge in [-0.3, -0.25) is 9.52 Å². The molecule has 2 rings (SSSR count). The van der Waals surface area contributed by atoms with E-state index in [1.165, 1.54) is 12.1 Å². The van der Waals surface area contributed by atoms with Gasteiger partial charge in [-0.05, 0) is 40.8 Å². The van der Waals surface area contributed by atoms with Gasteiger partial charge in [0.2, 0.25) is 10.0 Å². The van der Waals surface area contributed by atoms with E-state index in [4.69, 9.17) is 11.6 Å². The average Bonchev–Trinajstić information content (AvgIpc) is 2.51. The quantitative estimate of drug-likeness (QED) is 0.701. The van der Waals surface area contributed by atoms with E-state index in [-0.39, 0.29) is 23.6 Å². The summed E-state index contributed by atoms with van der Waals surface area (Å²) in [5.74, 6) is -0.274. The molecule has 0 fully saturated rings. The normalized spacial score (nSPS) is 11.9. The highest BCUT2D eigenvalue weighted by Crippen LogP contribution is 2.31. The van der Waals surface area contributed by atoms with Crippen molar-refractivity contribution >= 4 is 33.2 Å². The second-order valence-corrected chi connectivity index (χ2v) is 9.50. The Kier molecular flexibility index (Phi) is 6.07. The summed E-state index contributed by atoms with van der Waals surface area (Å²) in [5.41, 5.74) is 1.86. The number of hydrogen-bond donors (Lipinski definition) is 3. The third kappa shape index (κ3) is 5.87. The first-order valence-corrected chi connectivity index (χ1v) is 10.5. The number of rotatable bonds is 5. The molecule has 2 aromatic carbocycles. The third-order valence-electron chi connectivity index (χ3n) is 3.86. The van der Waals surface area contributed by atoms with E-state index in [1.54, 1.807) is 24.3 Å². The lowest BCUT2D eigenvalue weighted by atomic mass is 9.86. The first-order valence-electron chi connectivity index (χ1n) is 8.25. The maximum absolute atomic E-state index is 12.3. The van der Waals surface area contributed by atoms with E-state index in [0.29, 0.717) is 21.8 Å². The molecular weight excluding hydrogens is 388 g/mol. The summed E-state index contributed by atoms with van der Waals surface area (Å²) >= 11 is 6.16. The second kappa shape index (κ2) is 7.78. The number of carbonyl (C=O) groups excluding carboxylic acids is 1. The molecule has 3 N–H and O–H groups in total.